The lowest BCUT2D eigenvalue weighted by molar-refractivity contribution is 0.215. The van der Waals surface area contributed by atoms with Gasteiger partial charge in [-0.2, -0.15) is 0 Å². The SMILES string of the molecule is CCN(C)C=Nc1cc(Br)c(OC(C)c2cc(C)cc(C)c2)nc1C. The zero-order chi connectivity index (χ0) is 18.6. The van der Waals surface area contributed by atoms with E-state index < -0.39 is 0 Å². The number of benzene rings is 1. The van der Waals surface area contributed by atoms with Crippen LogP contribution in [0.3, 0.4) is 0 Å². The lowest BCUT2D eigenvalue weighted by atomic mass is 10.0. The maximum absolute atomic E-state index is 6.10. The largest absolute Gasteiger partial charge is 0.469 e. The number of nitrogens with zero attached hydrogens (tertiary/aromatic N) is 3. The molecule has 5 heteroatoms. The molecule has 0 saturated heterocycles. The van der Waals surface area contributed by atoms with Crippen LogP contribution in [0.4, 0.5) is 5.69 Å². The third-order valence-corrected chi connectivity index (χ3v) is 4.57. The fourth-order valence-electron chi connectivity index (χ4n) is 2.49. The molecular formula is C20H26BrN3O. The number of hydrogen-bond donors (Lipinski definition) is 0. The topological polar surface area (TPSA) is 37.7 Å². The first-order valence-corrected chi connectivity index (χ1v) is 9.25. The van der Waals surface area contributed by atoms with Gasteiger partial charge in [0.05, 0.1) is 22.2 Å². The lowest BCUT2D eigenvalue weighted by Gasteiger charge is -2.17. The molecule has 0 fully saturated rings. The Morgan fingerprint density at radius 3 is 2.44 bits per heavy atom. The Bertz CT molecular complexity index is 754. The van der Waals surface area contributed by atoms with Gasteiger partial charge in [-0.15, -0.1) is 0 Å². The van der Waals surface area contributed by atoms with Crippen LogP contribution in [0.15, 0.2) is 33.7 Å². The molecule has 1 heterocycles. The summed E-state index contributed by atoms with van der Waals surface area (Å²) in [5.74, 6) is 0.590. The van der Waals surface area contributed by atoms with Crippen LogP contribution in [0, 0.1) is 20.8 Å². The van der Waals surface area contributed by atoms with Crippen LogP contribution in [0.1, 0.15) is 42.3 Å². The van der Waals surface area contributed by atoms with Gasteiger partial charge in [-0.1, -0.05) is 29.3 Å². The van der Waals surface area contributed by atoms with Crippen molar-refractivity contribution in [1.29, 1.82) is 0 Å². The van der Waals surface area contributed by atoms with Gasteiger partial charge in [-0.25, -0.2) is 9.98 Å². The lowest BCUT2D eigenvalue weighted by Crippen LogP contribution is -2.14. The molecule has 1 unspecified atom stereocenters. The van der Waals surface area contributed by atoms with Gasteiger partial charge >= 0.3 is 0 Å². The second kappa shape index (κ2) is 8.48. The molecule has 0 bridgehead atoms. The molecule has 0 amide bonds. The molecule has 0 N–H and O–H groups in total. The molecule has 134 valence electrons. The molecule has 1 atom stereocenters. The molecule has 2 rings (SSSR count). The predicted octanol–water partition coefficient (Wildman–Crippen LogP) is 5.52. The quantitative estimate of drug-likeness (QED) is 0.470. The number of halogens is 1. The molecule has 2 aromatic rings. The van der Waals surface area contributed by atoms with Gasteiger partial charge in [0, 0.05) is 13.6 Å². The smallest absolute Gasteiger partial charge is 0.228 e. The van der Waals surface area contributed by atoms with Crippen molar-refractivity contribution in [2.75, 3.05) is 13.6 Å². The van der Waals surface area contributed by atoms with E-state index in [1.54, 1.807) is 0 Å². The summed E-state index contributed by atoms with van der Waals surface area (Å²) in [5, 5.41) is 0. The Morgan fingerprint density at radius 1 is 1.20 bits per heavy atom. The molecule has 1 aromatic heterocycles. The Morgan fingerprint density at radius 2 is 1.84 bits per heavy atom. The first-order valence-electron chi connectivity index (χ1n) is 8.46. The van der Waals surface area contributed by atoms with Crippen LogP contribution in [-0.4, -0.2) is 29.8 Å². The fraction of sp³-hybridized carbons (Fsp3) is 0.400. The molecule has 0 spiro atoms. The van der Waals surface area contributed by atoms with E-state index in [0.29, 0.717) is 5.88 Å². The van der Waals surface area contributed by atoms with E-state index in [0.717, 1.165) is 28.0 Å². The molecule has 0 aliphatic carbocycles. The van der Waals surface area contributed by atoms with Crippen molar-refractivity contribution in [3.05, 3.63) is 51.1 Å². The van der Waals surface area contributed by atoms with E-state index in [9.17, 15) is 0 Å². The monoisotopic (exact) mass is 403 g/mol. The van der Waals surface area contributed by atoms with Crippen LogP contribution in [-0.2, 0) is 0 Å². The summed E-state index contributed by atoms with van der Waals surface area (Å²) in [5.41, 5.74) is 5.29. The third kappa shape index (κ3) is 5.30. The zero-order valence-electron chi connectivity index (χ0n) is 15.8. The van der Waals surface area contributed by atoms with E-state index >= 15 is 0 Å². The van der Waals surface area contributed by atoms with Gasteiger partial charge in [0.1, 0.15) is 6.10 Å². The van der Waals surface area contributed by atoms with E-state index in [4.69, 9.17) is 4.74 Å². The molecule has 1 aromatic carbocycles. The van der Waals surface area contributed by atoms with Gasteiger partial charge in [0.25, 0.3) is 0 Å². The standard InChI is InChI=1S/C20H26BrN3O/c1-7-24(6)12-22-19-11-18(21)20(23-15(19)4)25-16(5)17-9-13(2)8-14(3)10-17/h8-12,16H,7H2,1-6H3. The highest BCUT2D eigenvalue weighted by atomic mass is 79.9. The van der Waals surface area contributed by atoms with Crippen LogP contribution < -0.4 is 4.74 Å². The first kappa shape index (κ1) is 19.4. The van der Waals surface area contributed by atoms with Crippen LogP contribution in [0.2, 0.25) is 0 Å². The summed E-state index contributed by atoms with van der Waals surface area (Å²) in [6.45, 7) is 11.2. The molecule has 0 saturated carbocycles. The average Bonchev–Trinajstić information content (AvgIpc) is 2.55. The zero-order valence-corrected chi connectivity index (χ0v) is 17.4. The van der Waals surface area contributed by atoms with E-state index in [1.807, 2.05) is 38.2 Å². The maximum Gasteiger partial charge on any atom is 0.228 e. The summed E-state index contributed by atoms with van der Waals surface area (Å²) in [4.78, 5) is 11.1. The Hall–Kier alpha value is -1.88. The van der Waals surface area contributed by atoms with Crippen LogP contribution >= 0.6 is 15.9 Å². The molecule has 0 aliphatic heterocycles. The van der Waals surface area contributed by atoms with Crippen LogP contribution in [0.25, 0.3) is 0 Å². The van der Waals surface area contributed by atoms with Crippen molar-refractivity contribution in [3.8, 4) is 5.88 Å². The summed E-state index contributed by atoms with van der Waals surface area (Å²) < 4.78 is 6.91. The van der Waals surface area contributed by atoms with Crippen molar-refractivity contribution < 1.29 is 4.74 Å². The van der Waals surface area contributed by atoms with E-state index in [-0.39, 0.29) is 6.10 Å². The second-order valence-corrected chi connectivity index (χ2v) is 7.23. The first-order chi connectivity index (χ1) is 11.8. The predicted molar refractivity (Wildman–Crippen MR) is 108 cm³/mol. The summed E-state index contributed by atoms with van der Waals surface area (Å²) >= 11 is 3.56. The number of aliphatic imine (C=N–C) groups is 1. The number of pyridine rings is 1. The number of aryl methyl sites for hydroxylation is 3. The highest BCUT2D eigenvalue weighted by Crippen LogP contribution is 2.32. The molecule has 0 aliphatic rings. The Balaban J connectivity index is 2.22. The van der Waals surface area contributed by atoms with Gasteiger partial charge in [-0.05, 0) is 62.2 Å². The highest BCUT2D eigenvalue weighted by Gasteiger charge is 2.14. The van der Waals surface area contributed by atoms with E-state index in [2.05, 4.69) is 64.9 Å². The normalized spacial score (nSPS) is 12.4. The third-order valence-electron chi connectivity index (χ3n) is 4.00. The molecular weight excluding hydrogens is 378 g/mol. The number of ether oxygens (including phenoxy) is 1. The van der Waals surface area contributed by atoms with E-state index in [1.165, 1.54) is 11.1 Å². The van der Waals surface area contributed by atoms with Gasteiger partial charge in [0.2, 0.25) is 5.88 Å². The van der Waals surface area contributed by atoms with Crippen molar-refractivity contribution in [3.63, 3.8) is 0 Å². The number of hydrogen-bond acceptors (Lipinski definition) is 3. The molecule has 25 heavy (non-hydrogen) atoms. The van der Waals surface area contributed by atoms with Crippen molar-refractivity contribution in [2.45, 2.75) is 40.7 Å². The van der Waals surface area contributed by atoms with Crippen molar-refractivity contribution >= 4 is 28.0 Å². The number of aromatic nitrogens is 1. The summed E-state index contributed by atoms with van der Waals surface area (Å²) in [6, 6.07) is 8.41. The van der Waals surface area contributed by atoms with Gasteiger partial charge in [-0.3, -0.25) is 0 Å². The minimum absolute atomic E-state index is 0.0811. The molecule has 4 nitrogen and oxygen atoms in total. The van der Waals surface area contributed by atoms with Gasteiger partial charge in [0.15, 0.2) is 0 Å². The maximum atomic E-state index is 6.10. The fourth-order valence-corrected chi connectivity index (χ4v) is 2.88. The van der Waals surface area contributed by atoms with Crippen molar-refractivity contribution in [2.24, 2.45) is 4.99 Å². The summed E-state index contributed by atoms with van der Waals surface area (Å²) in [7, 11) is 1.99. The Labute approximate surface area is 159 Å². The second-order valence-electron chi connectivity index (χ2n) is 6.38. The molecule has 0 radical (unpaired) electrons. The van der Waals surface area contributed by atoms with Crippen molar-refractivity contribution in [1.82, 2.24) is 9.88 Å². The van der Waals surface area contributed by atoms with Gasteiger partial charge < -0.3 is 9.64 Å². The van der Waals surface area contributed by atoms with Crippen LogP contribution in [0.5, 0.6) is 5.88 Å². The number of rotatable bonds is 6. The minimum Gasteiger partial charge on any atom is -0.469 e. The Kier molecular flexibility index (Phi) is 6.59. The highest BCUT2D eigenvalue weighted by molar-refractivity contribution is 9.10. The average molecular weight is 404 g/mol. The summed E-state index contributed by atoms with van der Waals surface area (Å²) in [6.07, 6.45) is 1.73. The minimum atomic E-state index is -0.0811.